The number of halogens is 2. The van der Waals surface area contributed by atoms with E-state index in [1.54, 1.807) is 0 Å². The lowest BCUT2D eigenvalue weighted by molar-refractivity contribution is -0.122. The van der Waals surface area contributed by atoms with Crippen molar-refractivity contribution in [2.45, 2.75) is 38.1 Å². The van der Waals surface area contributed by atoms with Crippen LogP contribution in [0.2, 0.25) is 10.2 Å². The molecule has 104 valence electrons. The van der Waals surface area contributed by atoms with Gasteiger partial charge >= 0.3 is 0 Å². The lowest BCUT2D eigenvalue weighted by Gasteiger charge is -2.35. The van der Waals surface area contributed by atoms with Gasteiger partial charge < -0.3 is 11.1 Å². The van der Waals surface area contributed by atoms with Crippen LogP contribution in [0.4, 0.5) is 5.82 Å². The zero-order chi connectivity index (χ0) is 14.0. The smallest absolute Gasteiger partial charge is 0.245 e. The zero-order valence-corrected chi connectivity index (χ0v) is 12.1. The maximum Gasteiger partial charge on any atom is 0.245 e. The average Bonchev–Trinajstić information content (AvgIpc) is 2.34. The molecule has 1 aliphatic carbocycles. The Morgan fingerprint density at radius 2 is 2.26 bits per heavy atom. The second-order valence-electron chi connectivity index (χ2n) is 5.14. The summed E-state index contributed by atoms with van der Waals surface area (Å²) in [5, 5.41) is 2.89. The summed E-state index contributed by atoms with van der Waals surface area (Å²) in [5.74, 6) is 0.374. The van der Waals surface area contributed by atoms with Crippen molar-refractivity contribution in [2.24, 2.45) is 11.7 Å². The van der Waals surface area contributed by atoms with E-state index in [9.17, 15) is 4.79 Å². The Hall–Kier alpha value is -0.910. The highest BCUT2D eigenvalue weighted by atomic mass is 35.5. The van der Waals surface area contributed by atoms with E-state index in [2.05, 4.69) is 22.2 Å². The monoisotopic (exact) mass is 302 g/mol. The first-order chi connectivity index (χ1) is 8.92. The minimum atomic E-state index is -0.863. The van der Waals surface area contributed by atoms with Crippen molar-refractivity contribution in [1.82, 2.24) is 9.97 Å². The molecule has 2 unspecified atom stereocenters. The van der Waals surface area contributed by atoms with Crippen LogP contribution in [0, 0.1) is 5.92 Å². The molecule has 1 heterocycles. The standard InChI is InChI=1S/C12H16Cl2N4O/c1-7-3-2-4-12(15,5-7)11(19)18-10-8(13)9(14)16-6-17-10/h6-7H,2-5,15H2,1H3,(H,16,17,18,19). The molecular weight excluding hydrogens is 287 g/mol. The molecular formula is C12H16Cl2N4O. The molecule has 0 spiro atoms. The maximum atomic E-state index is 12.3. The van der Waals surface area contributed by atoms with Crippen molar-refractivity contribution in [3.8, 4) is 0 Å². The van der Waals surface area contributed by atoms with Crippen molar-refractivity contribution in [3.63, 3.8) is 0 Å². The molecule has 19 heavy (non-hydrogen) atoms. The number of carbonyl (C=O) groups excluding carboxylic acids is 1. The molecule has 1 aliphatic rings. The molecule has 1 fully saturated rings. The SMILES string of the molecule is CC1CCCC(N)(C(=O)Nc2ncnc(Cl)c2Cl)C1. The lowest BCUT2D eigenvalue weighted by Crippen LogP contribution is -2.53. The van der Waals surface area contributed by atoms with Gasteiger partial charge in [-0.2, -0.15) is 0 Å². The summed E-state index contributed by atoms with van der Waals surface area (Å²) in [6.07, 6.45) is 4.63. The zero-order valence-electron chi connectivity index (χ0n) is 10.6. The summed E-state index contributed by atoms with van der Waals surface area (Å²) in [6, 6.07) is 0. The largest absolute Gasteiger partial charge is 0.317 e. The van der Waals surface area contributed by atoms with E-state index in [1.807, 2.05) is 0 Å². The number of nitrogens with two attached hydrogens (primary N) is 1. The summed E-state index contributed by atoms with van der Waals surface area (Å²) in [6.45, 7) is 2.10. The fourth-order valence-corrected chi connectivity index (χ4v) is 2.74. The van der Waals surface area contributed by atoms with Gasteiger partial charge in [-0.05, 0) is 18.8 Å². The van der Waals surface area contributed by atoms with Crippen LogP contribution in [-0.2, 0) is 4.79 Å². The second-order valence-corrected chi connectivity index (χ2v) is 5.87. The highest BCUT2D eigenvalue weighted by Gasteiger charge is 2.38. The fourth-order valence-electron chi connectivity index (χ4n) is 2.47. The van der Waals surface area contributed by atoms with E-state index in [0.717, 1.165) is 12.8 Å². The van der Waals surface area contributed by atoms with Crippen molar-refractivity contribution in [2.75, 3.05) is 5.32 Å². The molecule has 1 saturated carbocycles. The molecule has 1 aromatic rings. The van der Waals surface area contributed by atoms with Crippen LogP contribution in [-0.4, -0.2) is 21.4 Å². The molecule has 2 rings (SSSR count). The van der Waals surface area contributed by atoms with Crippen LogP contribution in [0.25, 0.3) is 0 Å². The van der Waals surface area contributed by atoms with Gasteiger partial charge in [0.25, 0.3) is 0 Å². The highest BCUT2D eigenvalue weighted by molar-refractivity contribution is 6.43. The number of anilines is 1. The predicted molar refractivity (Wildman–Crippen MR) is 75.2 cm³/mol. The van der Waals surface area contributed by atoms with Gasteiger partial charge in [-0.3, -0.25) is 4.79 Å². The molecule has 1 amide bonds. The normalized spacial score (nSPS) is 27.1. The Kier molecular flexibility index (Phi) is 4.28. The predicted octanol–water partition coefficient (Wildman–Crippen LogP) is 2.63. The summed E-state index contributed by atoms with van der Waals surface area (Å²) in [4.78, 5) is 19.9. The lowest BCUT2D eigenvalue weighted by atomic mass is 9.76. The summed E-state index contributed by atoms with van der Waals surface area (Å²) in [7, 11) is 0. The van der Waals surface area contributed by atoms with Gasteiger partial charge in [-0.15, -0.1) is 0 Å². The number of hydrogen-bond donors (Lipinski definition) is 2. The number of hydrogen-bond acceptors (Lipinski definition) is 4. The van der Waals surface area contributed by atoms with Crippen molar-refractivity contribution in [1.29, 1.82) is 0 Å². The molecule has 1 aromatic heterocycles. The Morgan fingerprint density at radius 3 is 2.95 bits per heavy atom. The first-order valence-electron chi connectivity index (χ1n) is 6.19. The quantitative estimate of drug-likeness (QED) is 0.823. The summed E-state index contributed by atoms with van der Waals surface area (Å²) in [5.41, 5.74) is 5.33. The first kappa shape index (κ1) is 14.5. The van der Waals surface area contributed by atoms with Gasteiger partial charge in [0.05, 0.1) is 5.54 Å². The van der Waals surface area contributed by atoms with Gasteiger partial charge in [0.1, 0.15) is 11.3 Å². The molecule has 7 heteroatoms. The van der Waals surface area contributed by atoms with Crippen LogP contribution in [0.15, 0.2) is 6.33 Å². The third-order valence-corrected chi connectivity index (χ3v) is 4.20. The topological polar surface area (TPSA) is 80.9 Å². The van der Waals surface area contributed by atoms with Gasteiger partial charge in [-0.1, -0.05) is 43.0 Å². The molecule has 2 atom stereocenters. The Balaban J connectivity index is 2.14. The molecule has 0 aliphatic heterocycles. The molecule has 5 nitrogen and oxygen atoms in total. The van der Waals surface area contributed by atoms with E-state index < -0.39 is 5.54 Å². The van der Waals surface area contributed by atoms with Crippen molar-refractivity contribution >= 4 is 34.9 Å². The minimum Gasteiger partial charge on any atom is -0.317 e. The molecule has 0 aromatic carbocycles. The van der Waals surface area contributed by atoms with E-state index in [0.29, 0.717) is 18.8 Å². The number of amides is 1. The molecule has 0 saturated heterocycles. The van der Waals surface area contributed by atoms with E-state index in [-0.39, 0.29) is 21.9 Å². The Labute approximate surface area is 121 Å². The van der Waals surface area contributed by atoms with Gasteiger partial charge in [0, 0.05) is 0 Å². The molecule has 0 radical (unpaired) electrons. The van der Waals surface area contributed by atoms with Crippen LogP contribution in [0.5, 0.6) is 0 Å². The van der Waals surface area contributed by atoms with Gasteiger partial charge in [0.2, 0.25) is 5.91 Å². The van der Waals surface area contributed by atoms with Crippen LogP contribution in [0.1, 0.15) is 32.6 Å². The van der Waals surface area contributed by atoms with Crippen molar-refractivity contribution < 1.29 is 4.79 Å². The van der Waals surface area contributed by atoms with E-state index >= 15 is 0 Å². The van der Waals surface area contributed by atoms with E-state index in [4.69, 9.17) is 28.9 Å². The van der Waals surface area contributed by atoms with Crippen LogP contribution in [0.3, 0.4) is 0 Å². The van der Waals surface area contributed by atoms with Crippen LogP contribution >= 0.6 is 23.2 Å². The Bertz CT molecular complexity index is 497. The second kappa shape index (κ2) is 5.61. The van der Waals surface area contributed by atoms with E-state index in [1.165, 1.54) is 6.33 Å². The minimum absolute atomic E-state index is 0.107. The maximum absolute atomic E-state index is 12.3. The number of nitrogens with zero attached hydrogens (tertiary/aromatic N) is 2. The fraction of sp³-hybridized carbons (Fsp3) is 0.583. The summed E-state index contributed by atoms with van der Waals surface area (Å²) >= 11 is 11.7. The van der Waals surface area contributed by atoms with Crippen molar-refractivity contribution in [3.05, 3.63) is 16.5 Å². The first-order valence-corrected chi connectivity index (χ1v) is 6.94. The number of nitrogens with one attached hydrogen (secondary N) is 1. The number of aromatic nitrogens is 2. The third-order valence-electron chi connectivity index (χ3n) is 3.46. The third kappa shape index (κ3) is 3.16. The number of carbonyl (C=O) groups is 1. The molecule has 3 N–H and O–H groups in total. The molecule has 0 bridgehead atoms. The highest BCUT2D eigenvalue weighted by Crippen LogP contribution is 2.32. The summed E-state index contributed by atoms with van der Waals surface area (Å²) < 4.78 is 0. The van der Waals surface area contributed by atoms with Crippen LogP contribution < -0.4 is 11.1 Å². The Morgan fingerprint density at radius 1 is 1.53 bits per heavy atom. The van der Waals surface area contributed by atoms with Gasteiger partial charge in [0.15, 0.2) is 11.0 Å². The van der Waals surface area contributed by atoms with Gasteiger partial charge in [-0.25, -0.2) is 9.97 Å². The number of rotatable bonds is 2. The average molecular weight is 303 g/mol.